The Hall–Kier alpha value is -3.40. The lowest BCUT2D eigenvalue weighted by atomic mass is 10.2. The summed E-state index contributed by atoms with van der Waals surface area (Å²) in [5.74, 6) is 1.28. The van der Waals surface area contributed by atoms with Crippen LogP contribution in [0.2, 0.25) is 0 Å². The van der Waals surface area contributed by atoms with Gasteiger partial charge in [-0.3, -0.25) is 4.98 Å². The van der Waals surface area contributed by atoms with E-state index in [1.807, 2.05) is 12.1 Å². The largest absolute Gasteiger partial charge is 0.494 e. The predicted octanol–water partition coefficient (Wildman–Crippen LogP) is 4.12. The Bertz CT molecular complexity index is 1030. The third kappa shape index (κ3) is 4.37. The van der Waals surface area contributed by atoms with Crippen molar-refractivity contribution in [1.82, 2.24) is 9.97 Å². The Morgan fingerprint density at radius 2 is 1.93 bits per heavy atom. The van der Waals surface area contributed by atoms with Gasteiger partial charge in [0, 0.05) is 25.8 Å². The summed E-state index contributed by atoms with van der Waals surface area (Å²) in [5, 5.41) is 12.8. The molecule has 1 aromatic carbocycles. The van der Waals surface area contributed by atoms with Gasteiger partial charge in [-0.15, -0.1) is 0 Å². The molecule has 3 aromatic rings. The summed E-state index contributed by atoms with van der Waals surface area (Å²) in [6.45, 7) is 3.11. The first-order valence-corrected chi connectivity index (χ1v) is 9.81. The molecule has 1 fully saturated rings. The van der Waals surface area contributed by atoms with Gasteiger partial charge >= 0.3 is 0 Å². The van der Waals surface area contributed by atoms with Crippen LogP contribution in [0, 0.1) is 17.1 Å². The van der Waals surface area contributed by atoms with Crippen LogP contribution in [0.15, 0.2) is 42.6 Å². The minimum absolute atomic E-state index is 0.284. The van der Waals surface area contributed by atoms with Crippen molar-refractivity contribution in [2.24, 2.45) is 0 Å². The number of rotatable bonds is 7. The standard InChI is InChI=1S/C22H22FN5O/c23-17-4-6-18(7-5-17)29-13-3-10-25-21-16(14-24)15-26-19-8-9-20(27-22(19)21)28-11-1-2-12-28/h4-9,15H,1-3,10-13H2,(H,25,26). The van der Waals surface area contributed by atoms with Gasteiger partial charge in [0.05, 0.1) is 23.4 Å². The predicted molar refractivity (Wildman–Crippen MR) is 111 cm³/mol. The molecule has 4 rings (SSSR count). The molecule has 0 unspecified atom stereocenters. The summed E-state index contributed by atoms with van der Waals surface area (Å²) in [6, 6.07) is 12.1. The molecule has 7 heteroatoms. The lowest BCUT2D eigenvalue weighted by Crippen LogP contribution is -2.19. The third-order valence-electron chi connectivity index (χ3n) is 4.95. The third-order valence-corrected chi connectivity index (χ3v) is 4.95. The van der Waals surface area contributed by atoms with E-state index < -0.39 is 0 Å². The van der Waals surface area contributed by atoms with Gasteiger partial charge in [0.25, 0.3) is 0 Å². The summed E-state index contributed by atoms with van der Waals surface area (Å²) in [4.78, 5) is 11.4. The van der Waals surface area contributed by atoms with E-state index in [0.717, 1.165) is 30.8 Å². The van der Waals surface area contributed by atoms with E-state index in [0.29, 0.717) is 35.7 Å². The molecule has 0 amide bonds. The first kappa shape index (κ1) is 18.9. The Kier molecular flexibility index (Phi) is 5.71. The number of fused-ring (bicyclic) bond motifs is 1. The lowest BCUT2D eigenvalue weighted by Gasteiger charge is -2.18. The molecular formula is C22H22FN5O. The van der Waals surface area contributed by atoms with Crippen molar-refractivity contribution in [2.75, 3.05) is 36.5 Å². The van der Waals surface area contributed by atoms with Crippen molar-refractivity contribution in [3.05, 3.63) is 54.0 Å². The zero-order valence-corrected chi connectivity index (χ0v) is 16.1. The molecule has 6 nitrogen and oxygen atoms in total. The number of nitriles is 1. The number of anilines is 2. The van der Waals surface area contributed by atoms with Gasteiger partial charge in [0.2, 0.25) is 0 Å². The van der Waals surface area contributed by atoms with Crippen molar-refractivity contribution in [1.29, 1.82) is 5.26 Å². The molecule has 1 saturated heterocycles. The Labute approximate surface area is 169 Å². The van der Waals surface area contributed by atoms with Gasteiger partial charge in [0.1, 0.15) is 29.0 Å². The summed E-state index contributed by atoms with van der Waals surface area (Å²) in [5.41, 5.74) is 2.66. The van der Waals surface area contributed by atoms with Crippen molar-refractivity contribution >= 4 is 22.5 Å². The number of pyridine rings is 2. The van der Waals surface area contributed by atoms with Crippen LogP contribution in [-0.4, -0.2) is 36.2 Å². The highest BCUT2D eigenvalue weighted by Gasteiger charge is 2.16. The van der Waals surface area contributed by atoms with Gasteiger partial charge in [-0.25, -0.2) is 9.37 Å². The van der Waals surface area contributed by atoms with Crippen LogP contribution in [-0.2, 0) is 0 Å². The molecule has 3 heterocycles. The second-order valence-electron chi connectivity index (χ2n) is 6.97. The second-order valence-corrected chi connectivity index (χ2v) is 6.97. The maximum absolute atomic E-state index is 12.9. The summed E-state index contributed by atoms with van der Waals surface area (Å²) < 4.78 is 18.6. The first-order valence-electron chi connectivity index (χ1n) is 9.81. The van der Waals surface area contributed by atoms with Crippen LogP contribution in [0.3, 0.4) is 0 Å². The van der Waals surface area contributed by atoms with Crippen molar-refractivity contribution < 1.29 is 9.13 Å². The fourth-order valence-electron chi connectivity index (χ4n) is 3.45. The molecule has 148 valence electrons. The van der Waals surface area contributed by atoms with Crippen LogP contribution in [0.5, 0.6) is 5.75 Å². The smallest absolute Gasteiger partial charge is 0.129 e. The number of benzene rings is 1. The molecule has 0 radical (unpaired) electrons. The topological polar surface area (TPSA) is 74.1 Å². The van der Waals surface area contributed by atoms with E-state index in [9.17, 15) is 9.65 Å². The Morgan fingerprint density at radius 1 is 1.14 bits per heavy atom. The lowest BCUT2D eigenvalue weighted by molar-refractivity contribution is 0.314. The normalized spacial score (nSPS) is 13.4. The van der Waals surface area contributed by atoms with E-state index in [2.05, 4.69) is 21.3 Å². The Balaban J connectivity index is 1.45. The molecule has 0 saturated carbocycles. The summed E-state index contributed by atoms with van der Waals surface area (Å²) in [7, 11) is 0. The van der Waals surface area contributed by atoms with Gasteiger partial charge in [-0.1, -0.05) is 0 Å². The van der Waals surface area contributed by atoms with Crippen molar-refractivity contribution in [3.8, 4) is 11.8 Å². The maximum atomic E-state index is 12.9. The number of nitrogens with zero attached hydrogens (tertiary/aromatic N) is 4. The molecule has 1 N–H and O–H groups in total. The zero-order valence-electron chi connectivity index (χ0n) is 16.1. The molecule has 0 aliphatic carbocycles. The first-order chi connectivity index (χ1) is 14.2. The average molecular weight is 391 g/mol. The minimum atomic E-state index is -0.284. The fourth-order valence-corrected chi connectivity index (χ4v) is 3.45. The molecule has 0 bridgehead atoms. The molecule has 1 aliphatic heterocycles. The van der Waals surface area contributed by atoms with Crippen LogP contribution < -0.4 is 15.0 Å². The van der Waals surface area contributed by atoms with Crippen LogP contribution >= 0.6 is 0 Å². The van der Waals surface area contributed by atoms with Crippen LogP contribution in [0.25, 0.3) is 11.0 Å². The van der Waals surface area contributed by atoms with Gasteiger partial charge in [-0.05, 0) is 55.7 Å². The van der Waals surface area contributed by atoms with Crippen molar-refractivity contribution in [3.63, 3.8) is 0 Å². The van der Waals surface area contributed by atoms with E-state index >= 15 is 0 Å². The van der Waals surface area contributed by atoms with Crippen molar-refractivity contribution in [2.45, 2.75) is 19.3 Å². The second kappa shape index (κ2) is 8.74. The molecular weight excluding hydrogens is 369 g/mol. The average Bonchev–Trinajstić information content (AvgIpc) is 3.29. The number of ether oxygens (including phenoxy) is 1. The summed E-state index contributed by atoms with van der Waals surface area (Å²) >= 11 is 0. The monoisotopic (exact) mass is 391 g/mol. The fraction of sp³-hybridized carbons (Fsp3) is 0.318. The van der Waals surface area contributed by atoms with Gasteiger partial charge in [0.15, 0.2) is 0 Å². The summed E-state index contributed by atoms with van der Waals surface area (Å²) in [6.07, 6.45) is 4.65. The SMILES string of the molecule is N#Cc1cnc2ccc(N3CCCC3)nc2c1NCCCOc1ccc(F)cc1. The minimum Gasteiger partial charge on any atom is -0.494 e. The van der Waals surface area contributed by atoms with E-state index in [-0.39, 0.29) is 5.82 Å². The number of halogens is 1. The van der Waals surface area contributed by atoms with E-state index in [1.165, 1.54) is 25.0 Å². The molecule has 29 heavy (non-hydrogen) atoms. The maximum Gasteiger partial charge on any atom is 0.129 e. The van der Waals surface area contributed by atoms with E-state index in [4.69, 9.17) is 9.72 Å². The number of nitrogens with one attached hydrogen (secondary N) is 1. The van der Waals surface area contributed by atoms with Gasteiger partial charge < -0.3 is 15.0 Å². The highest BCUT2D eigenvalue weighted by atomic mass is 19.1. The van der Waals surface area contributed by atoms with E-state index in [1.54, 1.807) is 18.3 Å². The number of aromatic nitrogens is 2. The highest BCUT2D eigenvalue weighted by molar-refractivity contribution is 5.91. The highest BCUT2D eigenvalue weighted by Crippen LogP contribution is 2.27. The number of hydrogen-bond acceptors (Lipinski definition) is 6. The molecule has 0 atom stereocenters. The quantitative estimate of drug-likeness (QED) is 0.611. The molecule has 1 aliphatic rings. The zero-order chi connectivity index (χ0) is 20.1. The van der Waals surface area contributed by atoms with Crippen LogP contribution in [0.4, 0.5) is 15.9 Å². The molecule has 2 aromatic heterocycles. The number of hydrogen-bond donors (Lipinski definition) is 1. The van der Waals surface area contributed by atoms with Gasteiger partial charge in [-0.2, -0.15) is 5.26 Å². The van der Waals surface area contributed by atoms with Crippen LogP contribution in [0.1, 0.15) is 24.8 Å². The Morgan fingerprint density at radius 3 is 2.69 bits per heavy atom. The molecule has 0 spiro atoms.